The van der Waals surface area contributed by atoms with Gasteiger partial charge in [0.05, 0.1) is 0 Å². The quantitative estimate of drug-likeness (QED) is 0.709. The van der Waals surface area contributed by atoms with Crippen molar-refractivity contribution in [1.82, 2.24) is 0 Å². The normalized spacial score (nSPS) is 11.6. The summed E-state index contributed by atoms with van der Waals surface area (Å²) in [7, 11) is -0.495. The minimum atomic E-state index is -0.495. The van der Waals surface area contributed by atoms with Crippen LogP contribution < -0.4 is 10.6 Å². The van der Waals surface area contributed by atoms with Crippen molar-refractivity contribution in [3.05, 3.63) is 72.6 Å². The SMILES string of the molecule is C=C(P(c1ccccc1)c1ccccc1)C(C)(C)C. The van der Waals surface area contributed by atoms with Crippen LogP contribution in [0, 0.1) is 5.41 Å². The molecule has 0 radical (unpaired) electrons. The van der Waals surface area contributed by atoms with Crippen LogP contribution in [-0.4, -0.2) is 0 Å². The minimum absolute atomic E-state index is 0.122. The maximum Gasteiger partial charge on any atom is -0.0127 e. The van der Waals surface area contributed by atoms with E-state index in [2.05, 4.69) is 88.0 Å². The Morgan fingerprint density at radius 1 is 0.789 bits per heavy atom. The lowest BCUT2D eigenvalue weighted by atomic mass is 9.97. The molecule has 2 rings (SSSR count). The number of hydrogen-bond donors (Lipinski definition) is 0. The van der Waals surface area contributed by atoms with Gasteiger partial charge in [-0.05, 0) is 29.3 Å². The Hall–Kier alpha value is -1.39. The van der Waals surface area contributed by atoms with Crippen molar-refractivity contribution in [3.8, 4) is 0 Å². The molecule has 2 aromatic carbocycles. The Morgan fingerprint density at radius 3 is 1.47 bits per heavy atom. The molecule has 0 amide bonds. The smallest absolute Gasteiger partial charge is 0.0127 e. The molecule has 2 aromatic rings. The van der Waals surface area contributed by atoms with E-state index in [1.807, 2.05) is 0 Å². The first kappa shape index (κ1) is 14.0. The van der Waals surface area contributed by atoms with Crippen molar-refractivity contribution in [2.75, 3.05) is 0 Å². The molecule has 0 aliphatic carbocycles. The molecule has 0 saturated carbocycles. The van der Waals surface area contributed by atoms with Crippen molar-refractivity contribution in [2.45, 2.75) is 20.8 Å². The lowest BCUT2D eigenvalue weighted by Crippen LogP contribution is -2.19. The molecule has 0 bridgehead atoms. The first-order chi connectivity index (χ1) is 9.00. The summed E-state index contributed by atoms with van der Waals surface area (Å²) >= 11 is 0. The van der Waals surface area contributed by atoms with Gasteiger partial charge >= 0.3 is 0 Å². The predicted octanol–water partition coefficient (Wildman–Crippen LogP) is 4.68. The maximum absolute atomic E-state index is 4.41. The molecular formula is C18H21P. The molecule has 98 valence electrons. The van der Waals surface area contributed by atoms with E-state index < -0.39 is 7.92 Å². The number of hydrogen-bond acceptors (Lipinski definition) is 0. The summed E-state index contributed by atoms with van der Waals surface area (Å²) in [4.78, 5) is 0. The van der Waals surface area contributed by atoms with Crippen LogP contribution in [-0.2, 0) is 0 Å². The molecule has 0 aliphatic heterocycles. The molecule has 0 aliphatic rings. The van der Waals surface area contributed by atoms with Gasteiger partial charge in [0.25, 0.3) is 0 Å². The van der Waals surface area contributed by atoms with Crippen LogP contribution in [0.5, 0.6) is 0 Å². The van der Waals surface area contributed by atoms with E-state index >= 15 is 0 Å². The number of allylic oxidation sites excluding steroid dienone is 1. The van der Waals surface area contributed by atoms with Crippen LogP contribution in [0.1, 0.15) is 20.8 Å². The van der Waals surface area contributed by atoms with Gasteiger partial charge in [0.2, 0.25) is 0 Å². The molecule has 0 unspecified atom stereocenters. The van der Waals surface area contributed by atoms with Crippen molar-refractivity contribution < 1.29 is 0 Å². The van der Waals surface area contributed by atoms with Crippen LogP contribution in [0.25, 0.3) is 0 Å². The van der Waals surface area contributed by atoms with Crippen molar-refractivity contribution >= 4 is 18.5 Å². The molecule has 0 saturated heterocycles. The summed E-state index contributed by atoms with van der Waals surface area (Å²) in [6.07, 6.45) is 0. The third-order valence-electron chi connectivity index (χ3n) is 3.16. The zero-order valence-corrected chi connectivity index (χ0v) is 12.8. The van der Waals surface area contributed by atoms with Crippen molar-refractivity contribution in [1.29, 1.82) is 0 Å². The highest BCUT2D eigenvalue weighted by Crippen LogP contribution is 2.50. The second-order valence-electron chi connectivity index (χ2n) is 5.70. The van der Waals surface area contributed by atoms with Gasteiger partial charge in [-0.25, -0.2) is 0 Å². The fourth-order valence-electron chi connectivity index (χ4n) is 1.95. The Kier molecular flexibility index (Phi) is 4.22. The highest BCUT2D eigenvalue weighted by Gasteiger charge is 2.25. The van der Waals surface area contributed by atoms with E-state index in [0.717, 1.165) is 0 Å². The standard InChI is InChI=1S/C18H21P/c1-15(18(2,3)4)19(16-11-7-5-8-12-16)17-13-9-6-10-14-17/h5-14H,1H2,2-4H3. The summed E-state index contributed by atoms with van der Waals surface area (Å²) in [6, 6.07) is 21.5. The first-order valence-corrected chi connectivity index (χ1v) is 7.94. The average Bonchev–Trinajstić information content (AvgIpc) is 2.40. The molecule has 0 nitrogen and oxygen atoms in total. The monoisotopic (exact) mass is 268 g/mol. The van der Waals surface area contributed by atoms with E-state index in [-0.39, 0.29) is 5.41 Å². The van der Waals surface area contributed by atoms with Gasteiger partial charge in [-0.3, -0.25) is 0 Å². The Morgan fingerprint density at radius 2 is 1.16 bits per heavy atom. The van der Waals surface area contributed by atoms with Crippen LogP contribution in [0.2, 0.25) is 0 Å². The largest absolute Gasteiger partial charge is 0.0942 e. The topological polar surface area (TPSA) is 0 Å². The molecular weight excluding hydrogens is 247 g/mol. The van der Waals surface area contributed by atoms with Crippen LogP contribution >= 0.6 is 7.92 Å². The number of benzene rings is 2. The van der Waals surface area contributed by atoms with Gasteiger partial charge in [0.1, 0.15) is 0 Å². The van der Waals surface area contributed by atoms with E-state index in [9.17, 15) is 0 Å². The highest BCUT2D eigenvalue weighted by molar-refractivity contribution is 7.76. The third kappa shape index (κ3) is 3.33. The molecule has 0 spiro atoms. The Balaban J connectivity index is 2.49. The second kappa shape index (κ2) is 5.72. The summed E-state index contributed by atoms with van der Waals surface area (Å²) in [5, 5.41) is 4.08. The summed E-state index contributed by atoms with van der Waals surface area (Å²) in [5.41, 5.74) is 0.122. The Labute approximate surface area is 117 Å². The lowest BCUT2D eigenvalue weighted by molar-refractivity contribution is 0.533. The third-order valence-corrected chi connectivity index (χ3v) is 6.00. The lowest BCUT2D eigenvalue weighted by Gasteiger charge is -2.30. The van der Waals surface area contributed by atoms with Crippen LogP contribution in [0.15, 0.2) is 72.6 Å². The molecule has 19 heavy (non-hydrogen) atoms. The van der Waals surface area contributed by atoms with Gasteiger partial charge in [0, 0.05) is 0 Å². The van der Waals surface area contributed by atoms with Gasteiger partial charge in [-0.1, -0.05) is 88.0 Å². The van der Waals surface area contributed by atoms with Gasteiger partial charge in [-0.15, -0.1) is 0 Å². The van der Waals surface area contributed by atoms with E-state index in [1.54, 1.807) is 0 Å². The van der Waals surface area contributed by atoms with Gasteiger partial charge in [0.15, 0.2) is 0 Å². The summed E-state index contributed by atoms with van der Waals surface area (Å²) < 4.78 is 0. The Bertz CT molecular complexity index is 495. The van der Waals surface area contributed by atoms with E-state index in [4.69, 9.17) is 0 Å². The van der Waals surface area contributed by atoms with E-state index in [0.29, 0.717) is 0 Å². The first-order valence-electron chi connectivity index (χ1n) is 6.60. The summed E-state index contributed by atoms with van der Waals surface area (Å²) in [5.74, 6) is 0. The fourth-order valence-corrected chi connectivity index (χ4v) is 4.48. The fraction of sp³-hybridized carbons (Fsp3) is 0.222. The molecule has 0 aromatic heterocycles. The molecule has 0 heterocycles. The van der Waals surface area contributed by atoms with E-state index in [1.165, 1.54) is 15.9 Å². The maximum atomic E-state index is 4.41. The minimum Gasteiger partial charge on any atom is -0.0942 e. The number of rotatable bonds is 3. The zero-order chi connectivity index (χ0) is 13.9. The second-order valence-corrected chi connectivity index (χ2v) is 7.95. The molecule has 0 atom stereocenters. The molecule has 0 fully saturated rings. The zero-order valence-electron chi connectivity index (χ0n) is 11.9. The van der Waals surface area contributed by atoms with Crippen molar-refractivity contribution in [3.63, 3.8) is 0 Å². The van der Waals surface area contributed by atoms with Crippen LogP contribution in [0.4, 0.5) is 0 Å². The van der Waals surface area contributed by atoms with Crippen molar-refractivity contribution in [2.24, 2.45) is 5.41 Å². The molecule has 1 heteroatoms. The average molecular weight is 268 g/mol. The van der Waals surface area contributed by atoms with Gasteiger partial charge in [-0.2, -0.15) is 0 Å². The summed E-state index contributed by atoms with van der Waals surface area (Å²) in [6.45, 7) is 11.1. The van der Waals surface area contributed by atoms with Crippen LogP contribution in [0.3, 0.4) is 0 Å². The van der Waals surface area contributed by atoms with Gasteiger partial charge < -0.3 is 0 Å². The molecule has 0 N–H and O–H groups in total. The predicted molar refractivity (Wildman–Crippen MR) is 87.7 cm³/mol. The highest BCUT2D eigenvalue weighted by atomic mass is 31.1.